The molecule has 5 heteroatoms. The number of anilines is 1. The van der Waals surface area contributed by atoms with E-state index in [0.717, 1.165) is 11.1 Å². The van der Waals surface area contributed by atoms with Crippen LogP contribution in [-0.2, 0) is 17.2 Å². The Bertz CT molecular complexity index is 587. The molecule has 0 bridgehead atoms. The van der Waals surface area contributed by atoms with Crippen molar-refractivity contribution in [2.75, 3.05) is 5.32 Å². The molecule has 0 aromatic heterocycles. The minimum Gasteiger partial charge on any atom is -0.444 e. The number of alkyl halides is 1. The molecule has 0 aliphatic rings. The number of nitrogens with one attached hydrogen (secondary N) is 1. The van der Waals surface area contributed by atoms with Crippen LogP contribution in [0.5, 0.6) is 0 Å². The van der Waals surface area contributed by atoms with Crippen LogP contribution in [0, 0.1) is 5.82 Å². The molecule has 0 saturated carbocycles. The van der Waals surface area contributed by atoms with Crippen molar-refractivity contribution in [3.8, 4) is 0 Å². The molecule has 0 radical (unpaired) electrons. The lowest BCUT2D eigenvalue weighted by Crippen LogP contribution is -2.14. The molecular weight excluding hydrogens is 281 g/mol. The molecule has 0 fully saturated rings. The first-order valence-corrected chi connectivity index (χ1v) is 6.54. The van der Waals surface area contributed by atoms with Gasteiger partial charge >= 0.3 is 6.09 Å². The SMILES string of the molecule is O=C(Nc1ccccc1F)OCc1ccc(CCl)cc1. The highest BCUT2D eigenvalue weighted by Crippen LogP contribution is 2.13. The first-order chi connectivity index (χ1) is 9.69. The number of benzene rings is 2. The summed E-state index contributed by atoms with van der Waals surface area (Å²) in [6.07, 6.45) is -0.698. The highest BCUT2D eigenvalue weighted by molar-refractivity contribution is 6.17. The van der Waals surface area contributed by atoms with Crippen molar-refractivity contribution in [1.82, 2.24) is 0 Å². The van der Waals surface area contributed by atoms with Crippen LogP contribution in [0.25, 0.3) is 0 Å². The standard InChI is InChI=1S/C15H13ClFNO2/c16-9-11-5-7-12(8-6-11)10-20-15(19)18-14-4-2-1-3-13(14)17/h1-8H,9-10H2,(H,18,19). The Morgan fingerprint density at radius 3 is 2.40 bits per heavy atom. The summed E-state index contributed by atoms with van der Waals surface area (Å²) in [6, 6.07) is 13.3. The van der Waals surface area contributed by atoms with Gasteiger partial charge in [0.1, 0.15) is 12.4 Å². The molecule has 0 saturated heterocycles. The van der Waals surface area contributed by atoms with Gasteiger partial charge in [0.15, 0.2) is 0 Å². The van der Waals surface area contributed by atoms with Crippen LogP contribution in [0.3, 0.4) is 0 Å². The Kier molecular flexibility index (Phi) is 4.96. The lowest BCUT2D eigenvalue weighted by Gasteiger charge is -2.08. The molecule has 0 aliphatic carbocycles. The number of carbonyl (C=O) groups excluding carboxylic acids is 1. The van der Waals surface area contributed by atoms with Gasteiger partial charge in [0.25, 0.3) is 0 Å². The molecule has 0 heterocycles. The molecule has 3 nitrogen and oxygen atoms in total. The fraction of sp³-hybridized carbons (Fsp3) is 0.133. The fourth-order valence-electron chi connectivity index (χ4n) is 1.58. The zero-order chi connectivity index (χ0) is 14.4. The number of ether oxygens (including phenoxy) is 1. The van der Waals surface area contributed by atoms with E-state index in [0.29, 0.717) is 5.88 Å². The minimum absolute atomic E-state index is 0.0926. The van der Waals surface area contributed by atoms with Crippen LogP contribution >= 0.6 is 11.6 Å². The van der Waals surface area contributed by atoms with Crippen molar-refractivity contribution in [2.24, 2.45) is 0 Å². The summed E-state index contributed by atoms with van der Waals surface area (Å²) < 4.78 is 18.3. The number of hydrogen-bond donors (Lipinski definition) is 1. The Hall–Kier alpha value is -2.07. The Labute approximate surface area is 121 Å². The molecule has 20 heavy (non-hydrogen) atoms. The van der Waals surface area contributed by atoms with Gasteiger partial charge in [-0.3, -0.25) is 5.32 Å². The number of amides is 1. The molecule has 0 unspecified atom stereocenters. The maximum atomic E-state index is 13.3. The van der Waals surface area contributed by atoms with Crippen LogP contribution in [0.4, 0.5) is 14.9 Å². The van der Waals surface area contributed by atoms with E-state index >= 15 is 0 Å². The third-order valence-corrected chi connectivity index (χ3v) is 2.97. The summed E-state index contributed by atoms with van der Waals surface area (Å²) in [5.74, 6) is -0.0644. The molecule has 2 rings (SSSR count). The second-order valence-electron chi connectivity index (χ2n) is 4.13. The van der Waals surface area contributed by atoms with Crippen molar-refractivity contribution in [2.45, 2.75) is 12.5 Å². The van der Waals surface area contributed by atoms with E-state index in [2.05, 4.69) is 5.32 Å². The third kappa shape index (κ3) is 3.96. The molecule has 104 valence electrons. The number of para-hydroxylation sites is 1. The average Bonchev–Trinajstić information content (AvgIpc) is 2.48. The maximum Gasteiger partial charge on any atom is 0.412 e. The van der Waals surface area contributed by atoms with Crippen LogP contribution in [-0.4, -0.2) is 6.09 Å². The highest BCUT2D eigenvalue weighted by Gasteiger charge is 2.07. The summed E-state index contributed by atoms with van der Waals surface area (Å²) in [5.41, 5.74) is 1.92. The van der Waals surface area contributed by atoms with E-state index in [1.807, 2.05) is 24.3 Å². The van der Waals surface area contributed by atoms with E-state index in [1.165, 1.54) is 12.1 Å². The molecule has 1 amide bonds. The van der Waals surface area contributed by atoms with Crippen molar-refractivity contribution in [1.29, 1.82) is 0 Å². The first kappa shape index (κ1) is 14.3. The molecular formula is C15H13ClFNO2. The average molecular weight is 294 g/mol. The van der Waals surface area contributed by atoms with Crippen molar-refractivity contribution >= 4 is 23.4 Å². The molecule has 2 aromatic carbocycles. The van der Waals surface area contributed by atoms with Crippen LogP contribution in [0.15, 0.2) is 48.5 Å². The Morgan fingerprint density at radius 2 is 1.75 bits per heavy atom. The van der Waals surface area contributed by atoms with Gasteiger partial charge in [-0.15, -0.1) is 11.6 Å². The van der Waals surface area contributed by atoms with Gasteiger partial charge in [-0.1, -0.05) is 36.4 Å². The number of hydrogen-bond acceptors (Lipinski definition) is 2. The van der Waals surface area contributed by atoms with E-state index in [-0.39, 0.29) is 12.3 Å². The summed E-state index contributed by atoms with van der Waals surface area (Å²) >= 11 is 5.68. The quantitative estimate of drug-likeness (QED) is 0.853. The molecule has 0 spiro atoms. The normalized spacial score (nSPS) is 10.1. The molecule has 2 aromatic rings. The van der Waals surface area contributed by atoms with Gasteiger partial charge in [-0.2, -0.15) is 0 Å². The van der Waals surface area contributed by atoms with Gasteiger partial charge in [-0.25, -0.2) is 9.18 Å². The zero-order valence-electron chi connectivity index (χ0n) is 10.6. The van der Waals surface area contributed by atoms with Crippen molar-refractivity contribution in [3.05, 3.63) is 65.5 Å². The molecule has 0 atom stereocenters. The number of halogens is 2. The highest BCUT2D eigenvalue weighted by atomic mass is 35.5. The topological polar surface area (TPSA) is 38.3 Å². The van der Waals surface area contributed by atoms with Gasteiger partial charge < -0.3 is 4.74 Å². The smallest absolute Gasteiger partial charge is 0.412 e. The first-order valence-electron chi connectivity index (χ1n) is 6.01. The summed E-state index contributed by atoms with van der Waals surface area (Å²) in [5, 5.41) is 2.35. The van der Waals surface area contributed by atoms with Gasteiger partial charge in [0.2, 0.25) is 0 Å². The van der Waals surface area contributed by atoms with Crippen molar-refractivity contribution in [3.63, 3.8) is 0 Å². The summed E-state index contributed by atoms with van der Waals surface area (Å²) in [6.45, 7) is 0.114. The van der Waals surface area contributed by atoms with Gasteiger partial charge in [-0.05, 0) is 23.3 Å². The lowest BCUT2D eigenvalue weighted by atomic mass is 10.2. The predicted octanol–water partition coefficient (Wildman–Crippen LogP) is 4.31. The Balaban J connectivity index is 1.87. The second-order valence-corrected chi connectivity index (χ2v) is 4.40. The number of rotatable bonds is 4. The van der Waals surface area contributed by atoms with Crippen LogP contribution < -0.4 is 5.32 Å². The zero-order valence-corrected chi connectivity index (χ0v) is 11.4. The van der Waals surface area contributed by atoms with Gasteiger partial charge in [0.05, 0.1) is 5.69 Å². The second kappa shape index (κ2) is 6.91. The minimum atomic E-state index is -0.698. The molecule has 1 N–H and O–H groups in total. The predicted molar refractivity (Wildman–Crippen MR) is 76.2 cm³/mol. The fourth-order valence-corrected chi connectivity index (χ4v) is 1.76. The summed E-state index contributed by atoms with van der Waals surface area (Å²) in [7, 11) is 0. The van der Waals surface area contributed by atoms with E-state index < -0.39 is 11.9 Å². The molecule has 0 aliphatic heterocycles. The van der Waals surface area contributed by atoms with Gasteiger partial charge in [0, 0.05) is 5.88 Å². The largest absolute Gasteiger partial charge is 0.444 e. The number of carbonyl (C=O) groups is 1. The van der Waals surface area contributed by atoms with E-state index in [1.54, 1.807) is 12.1 Å². The summed E-state index contributed by atoms with van der Waals surface area (Å²) in [4.78, 5) is 11.5. The van der Waals surface area contributed by atoms with Crippen LogP contribution in [0.1, 0.15) is 11.1 Å². The monoisotopic (exact) mass is 293 g/mol. The van der Waals surface area contributed by atoms with E-state index in [4.69, 9.17) is 16.3 Å². The Morgan fingerprint density at radius 1 is 1.10 bits per heavy atom. The van der Waals surface area contributed by atoms with Crippen LogP contribution in [0.2, 0.25) is 0 Å². The van der Waals surface area contributed by atoms with E-state index in [9.17, 15) is 9.18 Å². The third-order valence-electron chi connectivity index (χ3n) is 2.66. The van der Waals surface area contributed by atoms with Crippen molar-refractivity contribution < 1.29 is 13.9 Å². The maximum absolute atomic E-state index is 13.3. The lowest BCUT2D eigenvalue weighted by molar-refractivity contribution is 0.155.